The van der Waals surface area contributed by atoms with Crippen molar-refractivity contribution in [3.05, 3.63) is 52.3 Å². The van der Waals surface area contributed by atoms with E-state index < -0.39 is 5.91 Å². The normalized spacial score (nSPS) is 28.8. The summed E-state index contributed by atoms with van der Waals surface area (Å²) >= 11 is 0. The summed E-state index contributed by atoms with van der Waals surface area (Å²) in [6.07, 6.45) is 9.13. The average Bonchev–Trinajstić information content (AvgIpc) is 3.13. The summed E-state index contributed by atoms with van der Waals surface area (Å²) in [5, 5.41) is 2.80. The molecule has 35 heavy (non-hydrogen) atoms. The number of ether oxygens (including phenoxy) is 2. The Kier molecular flexibility index (Phi) is 4.87. The summed E-state index contributed by atoms with van der Waals surface area (Å²) in [4.78, 5) is 35.8. The van der Waals surface area contributed by atoms with Crippen LogP contribution in [0, 0.1) is 5.92 Å². The molecule has 4 fully saturated rings. The highest BCUT2D eigenvalue weighted by molar-refractivity contribution is 6.05. The van der Waals surface area contributed by atoms with Gasteiger partial charge in [0.05, 0.1) is 24.0 Å². The monoisotopic (exact) mass is 477 g/mol. The Morgan fingerprint density at radius 2 is 2.11 bits per heavy atom. The molecule has 0 aromatic carbocycles. The number of carbonyl (C=O) groups is 1. The van der Waals surface area contributed by atoms with Crippen molar-refractivity contribution in [2.75, 3.05) is 11.9 Å². The molecule has 0 unspecified atom stereocenters. The molecule has 2 atom stereocenters. The van der Waals surface area contributed by atoms with Gasteiger partial charge >= 0.3 is 0 Å². The van der Waals surface area contributed by atoms with Crippen molar-refractivity contribution >= 4 is 17.4 Å². The minimum Gasteiger partial charge on any atom is -0.474 e. The Morgan fingerprint density at radius 1 is 1.31 bits per heavy atom. The van der Waals surface area contributed by atoms with E-state index in [0.717, 1.165) is 31.4 Å². The molecule has 1 N–H and O–H groups in total. The first-order valence-corrected chi connectivity index (χ1v) is 12.4. The largest absolute Gasteiger partial charge is 0.474 e. The molecule has 2 saturated heterocycles. The highest BCUT2D eigenvalue weighted by Crippen LogP contribution is 2.58. The van der Waals surface area contributed by atoms with Gasteiger partial charge in [-0.2, -0.15) is 4.98 Å². The van der Waals surface area contributed by atoms with Gasteiger partial charge in [-0.1, -0.05) is 13.3 Å². The molecule has 5 heterocycles. The number of anilines is 1. The van der Waals surface area contributed by atoms with Crippen LogP contribution in [-0.4, -0.2) is 43.2 Å². The number of hydrogen-bond donors (Lipinski definition) is 1. The number of fused-ring (bicyclic) bond motifs is 2. The van der Waals surface area contributed by atoms with Crippen LogP contribution in [0.5, 0.6) is 5.88 Å². The second-order valence-electron chi connectivity index (χ2n) is 10.9. The maximum atomic E-state index is 13.4. The highest BCUT2D eigenvalue weighted by Gasteiger charge is 2.61. The maximum absolute atomic E-state index is 13.4. The summed E-state index contributed by atoms with van der Waals surface area (Å²) in [7, 11) is 0. The van der Waals surface area contributed by atoms with Crippen LogP contribution in [0.2, 0.25) is 0 Å². The molecule has 0 radical (unpaired) electrons. The fourth-order valence-corrected chi connectivity index (χ4v) is 5.85. The first kappa shape index (κ1) is 22.3. The van der Waals surface area contributed by atoms with Crippen LogP contribution in [0.15, 0.2) is 35.5 Å². The SMILES string of the molecule is CC[C@H]1C[C@@H]1n1cccc(NC(=O)c2cn3cc(C45COC(C)(C4)C5)nc3nc2OC(C)C)c1=O. The lowest BCUT2D eigenvalue weighted by Crippen LogP contribution is -2.45. The number of amides is 1. The molecule has 2 saturated carbocycles. The summed E-state index contributed by atoms with van der Waals surface area (Å²) in [5.41, 5.74) is 1.09. The molecule has 2 bridgehead atoms. The molecule has 4 aliphatic rings. The Bertz CT molecular complexity index is 1380. The fourth-order valence-electron chi connectivity index (χ4n) is 5.85. The van der Waals surface area contributed by atoms with Gasteiger partial charge in [0.15, 0.2) is 0 Å². The number of nitrogens with one attached hydrogen (secondary N) is 1. The minimum absolute atomic E-state index is 0.0552. The van der Waals surface area contributed by atoms with Crippen LogP contribution in [0.4, 0.5) is 5.69 Å². The third-order valence-electron chi connectivity index (χ3n) is 7.66. The van der Waals surface area contributed by atoms with E-state index in [0.29, 0.717) is 18.3 Å². The number of imidazole rings is 1. The van der Waals surface area contributed by atoms with E-state index in [1.807, 2.05) is 20.0 Å². The Balaban J connectivity index is 1.33. The van der Waals surface area contributed by atoms with Gasteiger partial charge in [0.1, 0.15) is 11.3 Å². The second kappa shape index (κ2) is 7.65. The molecule has 9 heteroatoms. The molecular weight excluding hydrogens is 446 g/mol. The van der Waals surface area contributed by atoms with Crippen molar-refractivity contribution < 1.29 is 14.3 Å². The molecule has 1 amide bonds. The Labute approximate surface area is 203 Å². The summed E-state index contributed by atoms with van der Waals surface area (Å²) in [6, 6.07) is 3.64. The fraction of sp³-hybridized carbons (Fsp3) is 0.538. The summed E-state index contributed by atoms with van der Waals surface area (Å²) in [5.74, 6) is 0.750. The molecule has 3 aromatic rings. The predicted octanol–water partition coefficient (Wildman–Crippen LogP) is 3.72. The predicted molar refractivity (Wildman–Crippen MR) is 130 cm³/mol. The zero-order chi connectivity index (χ0) is 24.5. The number of hydrogen-bond acceptors (Lipinski definition) is 6. The van der Waals surface area contributed by atoms with Gasteiger partial charge in [-0.25, -0.2) is 4.98 Å². The van der Waals surface area contributed by atoms with Crippen LogP contribution in [0.1, 0.15) is 75.5 Å². The van der Waals surface area contributed by atoms with Gasteiger partial charge in [0.25, 0.3) is 11.5 Å². The smallest absolute Gasteiger partial charge is 0.274 e. The van der Waals surface area contributed by atoms with Crippen molar-refractivity contribution in [3.8, 4) is 5.88 Å². The molecule has 2 aliphatic heterocycles. The lowest BCUT2D eigenvalue weighted by atomic mass is 9.62. The van der Waals surface area contributed by atoms with Crippen LogP contribution >= 0.6 is 0 Å². The van der Waals surface area contributed by atoms with E-state index in [2.05, 4.69) is 24.1 Å². The minimum atomic E-state index is -0.443. The van der Waals surface area contributed by atoms with Crippen molar-refractivity contribution in [2.45, 2.75) is 76.5 Å². The number of aromatic nitrogens is 4. The zero-order valence-electron chi connectivity index (χ0n) is 20.6. The van der Waals surface area contributed by atoms with Gasteiger partial charge < -0.3 is 19.4 Å². The van der Waals surface area contributed by atoms with Crippen molar-refractivity contribution in [1.82, 2.24) is 18.9 Å². The van der Waals surface area contributed by atoms with Crippen molar-refractivity contribution in [2.24, 2.45) is 5.92 Å². The van der Waals surface area contributed by atoms with E-state index in [4.69, 9.17) is 14.5 Å². The quantitative estimate of drug-likeness (QED) is 0.557. The standard InChI is InChI=1S/C26H31N5O4/c1-5-16-9-19(16)31-8-6-7-18(23(31)33)27-21(32)17-10-30-11-20(26-12-25(4,13-26)34-14-26)28-24(30)29-22(17)35-15(2)3/h6-8,10-11,15-16,19H,5,9,12-14H2,1-4H3,(H,27,32)/t16-,19-,25?,26?/m0/s1. The van der Waals surface area contributed by atoms with Crippen LogP contribution < -0.4 is 15.6 Å². The average molecular weight is 478 g/mol. The van der Waals surface area contributed by atoms with E-state index in [9.17, 15) is 9.59 Å². The summed E-state index contributed by atoms with van der Waals surface area (Å²) < 4.78 is 15.3. The van der Waals surface area contributed by atoms with Gasteiger partial charge in [-0.3, -0.25) is 14.0 Å². The van der Waals surface area contributed by atoms with Crippen molar-refractivity contribution in [3.63, 3.8) is 0 Å². The zero-order valence-corrected chi connectivity index (χ0v) is 20.6. The van der Waals surface area contributed by atoms with Crippen LogP contribution in [0.25, 0.3) is 5.78 Å². The van der Waals surface area contributed by atoms with Gasteiger partial charge in [-0.05, 0) is 58.1 Å². The first-order valence-electron chi connectivity index (χ1n) is 12.4. The molecule has 2 aliphatic carbocycles. The maximum Gasteiger partial charge on any atom is 0.274 e. The molecular formula is C26H31N5O4. The van der Waals surface area contributed by atoms with E-state index in [1.54, 1.807) is 33.5 Å². The third kappa shape index (κ3) is 3.64. The Hall–Kier alpha value is -3.20. The van der Waals surface area contributed by atoms with E-state index in [1.165, 1.54) is 0 Å². The first-order chi connectivity index (χ1) is 16.7. The van der Waals surface area contributed by atoms with Crippen LogP contribution in [0.3, 0.4) is 0 Å². The molecule has 0 spiro atoms. The number of pyridine rings is 1. The van der Waals surface area contributed by atoms with Gasteiger partial charge in [0, 0.05) is 30.0 Å². The number of nitrogens with zero attached hydrogens (tertiary/aromatic N) is 4. The molecule has 9 nitrogen and oxygen atoms in total. The number of rotatable bonds is 7. The summed E-state index contributed by atoms with van der Waals surface area (Å²) in [6.45, 7) is 8.67. The van der Waals surface area contributed by atoms with E-state index in [-0.39, 0.29) is 45.9 Å². The van der Waals surface area contributed by atoms with E-state index >= 15 is 0 Å². The topological polar surface area (TPSA) is 99.8 Å². The lowest BCUT2D eigenvalue weighted by Gasteiger charge is -2.41. The molecule has 3 aromatic heterocycles. The lowest BCUT2D eigenvalue weighted by molar-refractivity contribution is 0.0154. The van der Waals surface area contributed by atoms with Crippen LogP contribution in [-0.2, 0) is 10.2 Å². The number of carbonyl (C=O) groups excluding carboxylic acids is 1. The van der Waals surface area contributed by atoms with Gasteiger partial charge in [-0.15, -0.1) is 0 Å². The Morgan fingerprint density at radius 3 is 2.77 bits per heavy atom. The molecule has 184 valence electrons. The van der Waals surface area contributed by atoms with Crippen molar-refractivity contribution in [1.29, 1.82) is 0 Å². The van der Waals surface area contributed by atoms with Gasteiger partial charge in [0.2, 0.25) is 11.7 Å². The highest BCUT2D eigenvalue weighted by atomic mass is 16.5. The second-order valence-corrected chi connectivity index (χ2v) is 10.9. The third-order valence-corrected chi connectivity index (χ3v) is 7.66. The molecule has 7 rings (SSSR count).